The first-order valence-corrected chi connectivity index (χ1v) is 5.93. The summed E-state index contributed by atoms with van der Waals surface area (Å²) in [4.78, 5) is 0. The summed E-state index contributed by atoms with van der Waals surface area (Å²) in [6, 6.07) is 0. The van der Waals surface area contributed by atoms with Crippen LogP contribution in [0.1, 0.15) is 0 Å². The van der Waals surface area contributed by atoms with Crippen molar-refractivity contribution >= 4 is 69.6 Å². The maximum absolute atomic E-state index is 5.88. The third kappa shape index (κ3) is 3.44. The minimum atomic E-state index is -0.437. The minimum absolute atomic E-state index is 0. The second-order valence-corrected chi connectivity index (χ2v) is 5.69. The van der Waals surface area contributed by atoms with E-state index in [1.54, 1.807) is 0 Å². The van der Waals surface area contributed by atoms with Gasteiger partial charge in [0.15, 0.2) is 0 Å². The molecule has 1 aliphatic carbocycles. The van der Waals surface area contributed by atoms with Gasteiger partial charge in [-0.25, -0.2) is 0 Å². The van der Waals surface area contributed by atoms with Gasteiger partial charge in [-0.2, -0.15) is 0 Å². The van der Waals surface area contributed by atoms with Gasteiger partial charge in [-0.05, 0) is 0 Å². The summed E-state index contributed by atoms with van der Waals surface area (Å²) in [5.41, 5.74) is 0. The fraction of sp³-hybridized carbons (Fsp3) is 1.00. The first kappa shape index (κ1) is 15.9. The molecule has 0 aromatic heterocycles. The Morgan fingerprint density at radius 3 is 0.538 bits per heavy atom. The van der Waals surface area contributed by atoms with Crippen LogP contribution in [0, 0.1) is 35.6 Å². The fourth-order valence-electron chi connectivity index (χ4n) is 1.05. The van der Waals surface area contributed by atoms with Crippen LogP contribution in [-0.2, 0) is 0 Å². The van der Waals surface area contributed by atoms with Gasteiger partial charge in [-0.1, -0.05) is 0 Å². The maximum atomic E-state index is 5.88. The monoisotopic (exact) mass is 427 g/mol. The van der Waals surface area contributed by atoms with Crippen molar-refractivity contribution in [2.75, 3.05) is 0 Å². The van der Waals surface area contributed by atoms with Gasteiger partial charge in [0.05, 0.1) is 32.3 Å². The number of alkyl halides is 6. The van der Waals surface area contributed by atoms with Crippen LogP contribution in [0.25, 0.3) is 0 Å². The van der Waals surface area contributed by atoms with E-state index >= 15 is 0 Å². The van der Waals surface area contributed by atoms with Crippen molar-refractivity contribution in [3.8, 4) is 0 Å². The van der Waals surface area contributed by atoms with Crippen molar-refractivity contribution in [3.63, 3.8) is 0 Å². The van der Waals surface area contributed by atoms with Crippen molar-refractivity contribution in [2.45, 2.75) is 32.3 Å². The number of hydrogen-bond donors (Lipinski definition) is 0. The first-order valence-electron chi connectivity index (χ1n) is 3.31. The van der Waals surface area contributed by atoms with Gasteiger partial charge in [0.25, 0.3) is 0 Å². The fourth-order valence-corrected chi connectivity index (χ4v) is 3.38. The number of rotatable bonds is 0. The molecule has 75 valence electrons. The smallest absolute Gasteiger partial charge is 0.0693 e. The molecule has 0 saturated heterocycles. The molecule has 0 aliphatic heterocycles. The van der Waals surface area contributed by atoms with E-state index < -0.39 is 32.3 Å². The largest absolute Gasteiger partial charge is 0.120 e. The van der Waals surface area contributed by atoms with Gasteiger partial charge >= 0.3 is 0 Å². The van der Waals surface area contributed by atoms with E-state index in [9.17, 15) is 0 Å². The van der Waals surface area contributed by atoms with Crippen LogP contribution in [0.4, 0.5) is 0 Å². The van der Waals surface area contributed by atoms with Crippen LogP contribution in [0.5, 0.6) is 0 Å². The van der Waals surface area contributed by atoms with E-state index in [-0.39, 0.29) is 35.6 Å². The predicted octanol–water partition coefficient (Wildman–Crippen LogP) is 3.64. The quantitative estimate of drug-likeness (QED) is 0.516. The molecule has 13 heavy (non-hydrogen) atoms. The van der Waals surface area contributed by atoms with Crippen LogP contribution < -0.4 is 0 Å². The number of hydrogen-bond acceptors (Lipinski definition) is 0. The molecule has 0 aromatic rings. The van der Waals surface area contributed by atoms with Crippen molar-refractivity contribution in [1.82, 2.24) is 0 Å². The van der Waals surface area contributed by atoms with Crippen molar-refractivity contribution in [1.29, 1.82) is 0 Å². The Morgan fingerprint density at radius 1 is 0.385 bits per heavy atom. The summed E-state index contributed by atoms with van der Waals surface area (Å²) in [6.07, 6.45) is 0. The Bertz CT molecular complexity index is 109. The van der Waals surface area contributed by atoms with Crippen molar-refractivity contribution in [2.24, 2.45) is 0 Å². The van der Waals surface area contributed by atoms with Gasteiger partial charge in [0.1, 0.15) is 0 Å². The van der Waals surface area contributed by atoms with Crippen molar-refractivity contribution in [3.05, 3.63) is 0 Å². The van der Waals surface area contributed by atoms with Crippen LogP contribution in [0.3, 0.4) is 0 Å². The van der Waals surface area contributed by atoms with Gasteiger partial charge in [0, 0.05) is 35.6 Å². The van der Waals surface area contributed by atoms with Gasteiger partial charge in [0.2, 0.25) is 0 Å². The average molecular weight is 430 g/mol. The molecule has 1 radical (unpaired) electrons. The third-order valence-corrected chi connectivity index (χ3v) is 5.86. The Labute approximate surface area is 135 Å². The van der Waals surface area contributed by atoms with E-state index in [0.29, 0.717) is 0 Å². The Morgan fingerprint density at radius 2 is 0.462 bits per heavy atom. The zero-order valence-electron chi connectivity index (χ0n) is 6.31. The molecule has 0 atom stereocenters. The molecule has 0 amide bonds. The summed E-state index contributed by atoms with van der Waals surface area (Å²) in [5.74, 6) is 0. The molecule has 0 heterocycles. The van der Waals surface area contributed by atoms with E-state index in [4.69, 9.17) is 69.6 Å². The van der Waals surface area contributed by atoms with E-state index in [1.165, 1.54) is 0 Å². The van der Waals surface area contributed by atoms with Crippen LogP contribution in [-0.4, -0.2) is 32.3 Å². The third-order valence-electron chi connectivity index (χ3n) is 1.83. The number of halogens is 6. The SMILES string of the molecule is Cl[C@H]1[C@H](Cl)[C@@H](Cl)[C@@H](Cl)[C@H](Cl)[C@H]1Cl.[La]. The summed E-state index contributed by atoms with van der Waals surface area (Å²) in [7, 11) is 0. The summed E-state index contributed by atoms with van der Waals surface area (Å²) in [5, 5.41) is -2.62. The van der Waals surface area contributed by atoms with E-state index in [1.807, 2.05) is 0 Å². The first-order chi connectivity index (χ1) is 5.46. The van der Waals surface area contributed by atoms with Gasteiger partial charge in [-0.3, -0.25) is 0 Å². The molecule has 0 nitrogen and oxygen atoms in total. The molecular weight excluding hydrogens is 424 g/mol. The zero-order chi connectivity index (χ0) is 9.46. The Hall–Kier alpha value is 2.93. The second kappa shape index (κ2) is 6.62. The Balaban J connectivity index is 0.00000144. The molecule has 1 saturated carbocycles. The molecule has 0 unspecified atom stereocenters. The van der Waals surface area contributed by atoms with Crippen LogP contribution in [0.2, 0.25) is 0 Å². The minimum Gasteiger partial charge on any atom is -0.120 e. The zero-order valence-corrected chi connectivity index (χ0v) is 14.5. The van der Waals surface area contributed by atoms with Gasteiger partial charge in [-0.15, -0.1) is 69.6 Å². The normalized spacial score (nSPS) is 51.2. The van der Waals surface area contributed by atoms with Crippen molar-refractivity contribution < 1.29 is 35.6 Å². The summed E-state index contributed by atoms with van der Waals surface area (Å²) >= 11 is 35.3. The summed E-state index contributed by atoms with van der Waals surface area (Å²) in [6.45, 7) is 0. The molecule has 0 aromatic carbocycles. The molecular formula is C6H6Cl6La. The molecule has 0 N–H and O–H groups in total. The average Bonchev–Trinajstić information content (AvgIpc) is 2.08. The van der Waals surface area contributed by atoms with E-state index in [0.717, 1.165) is 0 Å². The topological polar surface area (TPSA) is 0 Å². The standard InChI is InChI=1S/C6H6Cl6.La/c7-1-2(8)4(10)6(12)5(11)3(1)9;/h1-6H;/t1-,2-,3-,4+,5+,6+;. The second-order valence-electron chi connectivity index (χ2n) is 2.67. The molecule has 1 aliphatic rings. The molecule has 7 heteroatoms. The molecule has 0 bridgehead atoms. The van der Waals surface area contributed by atoms with Gasteiger partial charge < -0.3 is 0 Å². The predicted molar refractivity (Wildman–Crippen MR) is 57.8 cm³/mol. The van der Waals surface area contributed by atoms with Crippen LogP contribution in [0.15, 0.2) is 0 Å². The maximum Gasteiger partial charge on any atom is 0.0693 e. The van der Waals surface area contributed by atoms with Crippen LogP contribution >= 0.6 is 69.6 Å². The van der Waals surface area contributed by atoms with E-state index in [2.05, 4.69) is 0 Å². The molecule has 1 fully saturated rings. The molecule has 1 rings (SSSR count). The Kier molecular flexibility index (Phi) is 8.11. The molecule has 0 spiro atoms. The summed E-state index contributed by atoms with van der Waals surface area (Å²) < 4.78 is 0.